The van der Waals surface area contributed by atoms with Crippen LogP contribution in [0.25, 0.3) is 0 Å². The van der Waals surface area contributed by atoms with E-state index in [-0.39, 0.29) is 29.8 Å². The number of piperidine rings is 1. The first-order chi connectivity index (χ1) is 15.3. The van der Waals surface area contributed by atoms with Crippen molar-refractivity contribution in [2.24, 2.45) is 11.7 Å². The zero-order valence-electron chi connectivity index (χ0n) is 17.9. The van der Waals surface area contributed by atoms with E-state index >= 15 is 0 Å². The van der Waals surface area contributed by atoms with Gasteiger partial charge in [-0.25, -0.2) is 8.42 Å². The van der Waals surface area contributed by atoms with Gasteiger partial charge in [-0.1, -0.05) is 0 Å². The molecule has 7 nitrogen and oxygen atoms in total. The van der Waals surface area contributed by atoms with Gasteiger partial charge in [0.2, 0.25) is 15.9 Å². The van der Waals surface area contributed by atoms with Crippen molar-refractivity contribution in [2.45, 2.75) is 48.3 Å². The van der Waals surface area contributed by atoms with Crippen molar-refractivity contribution in [1.29, 1.82) is 0 Å². The van der Waals surface area contributed by atoms with Crippen molar-refractivity contribution < 1.29 is 18.0 Å². The Hall–Kier alpha value is -1.88. The van der Waals surface area contributed by atoms with E-state index in [4.69, 9.17) is 5.73 Å². The quantitative estimate of drug-likeness (QED) is 0.599. The summed E-state index contributed by atoms with van der Waals surface area (Å²) in [4.78, 5) is 27.4. The molecule has 0 spiro atoms. The highest BCUT2D eigenvalue weighted by atomic mass is 32.2. The number of thioether (sulfide) groups is 1. The van der Waals surface area contributed by atoms with Crippen LogP contribution in [0.5, 0.6) is 0 Å². The number of aryl methyl sites for hydroxylation is 1. The fourth-order valence-corrected chi connectivity index (χ4v) is 7.56. The van der Waals surface area contributed by atoms with Gasteiger partial charge in [0.15, 0.2) is 0 Å². The highest BCUT2D eigenvalue weighted by Crippen LogP contribution is 2.38. The summed E-state index contributed by atoms with van der Waals surface area (Å²) in [7, 11) is -3.58. The summed E-state index contributed by atoms with van der Waals surface area (Å²) in [6, 6.07) is 6.86. The Labute approximate surface area is 196 Å². The Morgan fingerprint density at radius 2 is 1.78 bits per heavy atom. The van der Waals surface area contributed by atoms with E-state index < -0.39 is 15.9 Å². The first-order valence-corrected chi connectivity index (χ1v) is 14.2. The summed E-state index contributed by atoms with van der Waals surface area (Å²) in [5.74, 6) is -0.985. The van der Waals surface area contributed by atoms with E-state index in [9.17, 15) is 18.0 Å². The number of amides is 2. The topological polar surface area (TPSA) is 110 Å². The van der Waals surface area contributed by atoms with Gasteiger partial charge in [0.05, 0.1) is 10.5 Å². The number of carbonyl (C=O) groups excluding carboxylic acids is 2. The van der Waals surface area contributed by atoms with Gasteiger partial charge in [-0.05, 0) is 74.6 Å². The molecule has 4 rings (SSSR count). The molecular weight excluding hydrogens is 466 g/mol. The van der Waals surface area contributed by atoms with Crippen molar-refractivity contribution in [2.75, 3.05) is 24.7 Å². The number of thiophene rings is 1. The van der Waals surface area contributed by atoms with Crippen LogP contribution in [-0.2, 0) is 27.7 Å². The van der Waals surface area contributed by atoms with E-state index in [1.165, 1.54) is 15.6 Å². The Morgan fingerprint density at radius 3 is 2.41 bits per heavy atom. The molecule has 1 aromatic carbocycles. The van der Waals surface area contributed by atoms with Gasteiger partial charge < -0.3 is 11.1 Å². The number of nitrogens with zero attached hydrogens (tertiary/aromatic N) is 1. The average Bonchev–Trinajstić information content (AvgIpc) is 3.17. The fourth-order valence-electron chi connectivity index (χ4n) is 4.38. The van der Waals surface area contributed by atoms with Crippen LogP contribution in [0.15, 0.2) is 34.1 Å². The smallest absolute Gasteiger partial charge is 0.251 e. The standard InChI is InChI=1S/C22H27N3O4S3/c1-30-15-6-8-16(9-7-15)32(28,29)25-12-10-14(11-13-25)21(27)24-22-19(20(23)26)17-4-2-3-5-18(17)31-22/h6-9,14H,2-5,10-13H2,1H3,(H2,23,26)(H,24,27). The molecule has 2 heterocycles. The molecular formula is C22H27N3O4S3. The molecule has 1 aliphatic heterocycles. The molecule has 0 radical (unpaired) electrons. The van der Waals surface area contributed by atoms with E-state index in [1.807, 2.05) is 6.26 Å². The molecule has 10 heteroatoms. The predicted molar refractivity (Wildman–Crippen MR) is 128 cm³/mol. The average molecular weight is 494 g/mol. The first kappa shape index (κ1) is 23.3. The van der Waals surface area contributed by atoms with Crippen LogP contribution >= 0.6 is 23.1 Å². The van der Waals surface area contributed by atoms with Gasteiger partial charge in [-0.15, -0.1) is 23.1 Å². The van der Waals surface area contributed by atoms with Gasteiger partial charge in [0, 0.05) is 28.8 Å². The van der Waals surface area contributed by atoms with Crippen LogP contribution in [-0.4, -0.2) is 43.9 Å². The van der Waals surface area contributed by atoms with Gasteiger partial charge in [0.25, 0.3) is 5.91 Å². The zero-order valence-corrected chi connectivity index (χ0v) is 20.4. The molecule has 3 N–H and O–H groups in total. The van der Waals surface area contributed by atoms with E-state index in [1.54, 1.807) is 36.0 Å². The van der Waals surface area contributed by atoms with Gasteiger partial charge in [0.1, 0.15) is 5.00 Å². The molecule has 0 atom stereocenters. The summed E-state index contributed by atoms with van der Waals surface area (Å²) in [6.07, 6.45) is 6.63. The lowest BCUT2D eigenvalue weighted by Gasteiger charge is -2.30. The third kappa shape index (κ3) is 4.59. The minimum absolute atomic E-state index is 0.174. The number of sulfonamides is 1. The van der Waals surface area contributed by atoms with E-state index in [2.05, 4.69) is 5.32 Å². The molecule has 1 aliphatic carbocycles. The minimum Gasteiger partial charge on any atom is -0.365 e. The second-order valence-corrected chi connectivity index (χ2v) is 12.0. The molecule has 1 aromatic heterocycles. The van der Waals surface area contributed by atoms with E-state index in [0.717, 1.165) is 41.0 Å². The number of hydrogen-bond acceptors (Lipinski definition) is 6. The zero-order chi connectivity index (χ0) is 22.9. The lowest BCUT2D eigenvalue weighted by molar-refractivity contribution is -0.120. The Bertz CT molecular complexity index is 1120. The van der Waals surface area contributed by atoms with Crippen molar-refractivity contribution in [1.82, 2.24) is 4.31 Å². The van der Waals surface area contributed by atoms with Crippen molar-refractivity contribution in [3.05, 3.63) is 40.3 Å². The van der Waals surface area contributed by atoms with Crippen LogP contribution in [0, 0.1) is 5.92 Å². The second kappa shape index (κ2) is 9.54. The third-order valence-corrected chi connectivity index (χ3v) is 10.0. The summed E-state index contributed by atoms with van der Waals surface area (Å²) in [6.45, 7) is 0.572. The molecule has 0 saturated carbocycles. The molecule has 32 heavy (non-hydrogen) atoms. The second-order valence-electron chi connectivity index (χ2n) is 8.12. The Morgan fingerprint density at radius 1 is 1.12 bits per heavy atom. The molecule has 2 aromatic rings. The van der Waals surface area contributed by atoms with Crippen LogP contribution in [0.4, 0.5) is 5.00 Å². The summed E-state index contributed by atoms with van der Waals surface area (Å²) in [5.41, 5.74) is 7.05. The third-order valence-electron chi connectivity index (χ3n) is 6.18. The summed E-state index contributed by atoms with van der Waals surface area (Å²) >= 11 is 3.00. The molecule has 0 bridgehead atoms. The molecule has 172 valence electrons. The first-order valence-electron chi connectivity index (χ1n) is 10.7. The summed E-state index contributed by atoms with van der Waals surface area (Å²) < 4.78 is 27.4. The van der Waals surface area contributed by atoms with Crippen LogP contribution in [0.2, 0.25) is 0 Å². The number of fused-ring (bicyclic) bond motifs is 1. The van der Waals surface area contributed by atoms with Crippen LogP contribution < -0.4 is 11.1 Å². The number of nitrogens with two attached hydrogens (primary N) is 1. The van der Waals surface area contributed by atoms with Gasteiger partial charge in [-0.2, -0.15) is 4.31 Å². The number of anilines is 1. The molecule has 2 aliphatic rings. The fraction of sp³-hybridized carbons (Fsp3) is 0.455. The molecule has 0 unspecified atom stereocenters. The minimum atomic E-state index is -3.58. The maximum Gasteiger partial charge on any atom is 0.251 e. The number of primary amides is 1. The van der Waals surface area contributed by atoms with Crippen molar-refractivity contribution >= 4 is 49.9 Å². The maximum atomic E-state index is 13.0. The van der Waals surface area contributed by atoms with Gasteiger partial charge >= 0.3 is 0 Å². The maximum absolute atomic E-state index is 13.0. The summed E-state index contributed by atoms with van der Waals surface area (Å²) in [5, 5.41) is 3.47. The van der Waals surface area contributed by atoms with Gasteiger partial charge in [-0.3, -0.25) is 9.59 Å². The lowest BCUT2D eigenvalue weighted by Crippen LogP contribution is -2.41. The number of nitrogens with one attached hydrogen (secondary N) is 1. The molecule has 2 amide bonds. The molecule has 1 fully saturated rings. The largest absolute Gasteiger partial charge is 0.365 e. The van der Waals surface area contributed by atoms with Crippen molar-refractivity contribution in [3.8, 4) is 0 Å². The molecule has 1 saturated heterocycles. The number of rotatable bonds is 6. The van der Waals surface area contributed by atoms with Crippen molar-refractivity contribution in [3.63, 3.8) is 0 Å². The van der Waals surface area contributed by atoms with Crippen LogP contribution in [0.1, 0.15) is 46.5 Å². The number of benzene rings is 1. The number of hydrogen-bond donors (Lipinski definition) is 2. The predicted octanol–water partition coefficient (Wildman–Crippen LogP) is 3.49. The Balaban J connectivity index is 1.42. The van der Waals surface area contributed by atoms with Crippen LogP contribution in [0.3, 0.4) is 0 Å². The Kier molecular flexibility index (Phi) is 6.94. The lowest BCUT2D eigenvalue weighted by atomic mass is 9.95. The SMILES string of the molecule is CSc1ccc(S(=O)(=O)N2CCC(C(=O)Nc3sc4c(c3C(N)=O)CCCC4)CC2)cc1. The highest BCUT2D eigenvalue weighted by Gasteiger charge is 2.33. The normalized spacial score (nSPS) is 17.7. The van der Waals surface area contributed by atoms with E-state index in [0.29, 0.717) is 23.4 Å². The number of carbonyl (C=O) groups is 2. The highest BCUT2D eigenvalue weighted by molar-refractivity contribution is 7.98. The monoisotopic (exact) mass is 493 g/mol.